The zero-order valence-corrected chi connectivity index (χ0v) is 28.5. The Bertz CT molecular complexity index is 1170. The standard InChI is InChI=1S/4C6H8O7.C2H4.2H3N.4Na.4H/c4*7-3(8)1-6(13,5(11)12)2-4(9)10;1-2;;;;;;;;;;/h4*13H,1-2H2,(H,7,8)(H,9,10)(H,11,12);1-2H2;2*1H3;;;;;;;;. The summed E-state index contributed by atoms with van der Waals surface area (Å²) in [4.78, 5) is 122. The Balaban J connectivity index is -0.0000000565. The van der Waals surface area contributed by atoms with Gasteiger partial charge in [0, 0.05) is 0 Å². The topological polar surface area (TPSA) is 599 Å². The van der Waals surface area contributed by atoms with Gasteiger partial charge in [-0.15, -0.1) is 13.2 Å². The number of carboxylic acid groups (broad SMARTS) is 12. The molecule has 332 valence electrons. The molecule has 0 rings (SSSR count). The van der Waals surface area contributed by atoms with Gasteiger partial charge in [-0.05, 0) is 0 Å². The Hall–Kier alpha value is -2.86. The van der Waals surface area contributed by atoms with Crippen molar-refractivity contribution in [3.05, 3.63) is 13.2 Å². The van der Waals surface area contributed by atoms with Crippen molar-refractivity contribution >= 4 is 190 Å². The first-order chi connectivity index (χ1) is 24.1. The first kappa shape index (κ1) is 84.6. The molecule has 0 fully saturated rings. The molecule has 0 bridgehead atoms. The number of rotatable bonds is 20. The number of carbonyl (C=O) groups is 12. The summed E-state index contributed by atoms with van der Waals surface area (Å²) >= 11 is 0. The van der Waals surface area contributed by atoms with Crippen molar-refractivity contribution in [1.82, 2.24) is 12.3 Å². The van der Waals surface area contributed by atoms with E-state index in [0.29, 0.717) is 0 Å². The third-order valence-corrected chi connectivity index (χ3v) is 5.14. The van der Waals surface area contributed by atoms with Gasteiger partial charge in [-0.1, -0.05) is 0 Å². The minimum absolute atomic E-state index is 0. The molecule has 0 amide bonds. The molecule has 60 heavy (non-hydrogen) atoms. The van der Waals surface area contributed by atoms with Crippen LogP contribution in [0.15, 0.2) is 13.2 Å². The van der Waals surface area contributed by atoms with Crippen LogP contribution in [0, 0.1) is 0 Å². The van der Waals surface area contributed by atoms with Crippen LogP contribution in [0.25, 0.3) is 0 Å². The van der Waals surface area contributed by atoms with Crippen molar-refractivity contribution in [2.75, 3.05) is 0 Å². The molecular weight excluding hydrogens is 880 g/mol. The first-order valence-electron chi connectivity index (χ1n) is 13.2. The van der Waals surface area contributed by atoms with Crippen LogP contribution in [-0.4, -0.2) is 294 Å². The Morgan fingerprint density at radius 1 is 0.267 bits per heavy atom. The Labute approximate surface area is 424 Å². The zero-order chi connectivity index (χ0) is 44.6. The molecule has 0 atom stereocenters. The second-order valence-electron chi connectivity index (χ2n) is 9.91. The second-order valence-corrected chi connectivity index (χ2v) is 9.91. The average molecular weight is 927 g/mol. The van der Waals surface area contributed by atoms with Gasteiger partial charge in [-0.3, -0.25) is 38.4 Å². The molecule has 0 aromatic rings. The van der Waals surface area contributed by atoms with Crippen molar-refractivity contribution in [3.8, 4) is 0 Å². The first-order valence-corrected chi connectivity index (χ1v) is 13.2. The number of aliphatic carboxylic acids is 12. The summed E-state index contributed by atoms with van der Waals surface area (Å²) in [5, 5.41) is 135. The maximum atomic E-state index is 10.3. The average Bonchev–Trinajstić information content (AvgIpc) is 2.91. The second kappa shape index (κ2) is 40.2. The van der Waals surface area contributed by atoms with Gasteiger partial charge in [0.25, 0.3) is 0 Å². The maximum absolute atomic E-state index is 10.3. The third-order valence-electron chi connectivity index (χ3n) is 5.14. The molecule has 0 unspecified atom stereocenters. The van der Waals surface area contributed by atoms with Crippen molar-refractivity contribution in [3.63, 3.8) is 0 Å². The van der Waals surface area contributed by atoms with Gasteiger partial charge in [0.05, 0.1) is 51.4 Å². The zero-order valence-electron chi connectivity index (χ0n) is 28.5. The molecule has 30 nitrogen and oxygen atoms in total. The predicted octanol–water partition coefficient (Wildman–Crippen LogP) is -6.46. The van der Waals surface area contributed by atoms with Gasteiger partial charge in [0.15, 0.2) is 22.4 Å². The molecule has 0 aliphatic heterocycles. The van der Waals surface area contributed by atoms with Crippen LogP contribution in [0.2, 0.25) is 0 Å². The molecule has 0 radical (unpaired) electrons. The van der Waals surface area contributed by atoms with E-state index < -0.39 is 145 Å². The van der Waals surface area contributed by atoms with Crippen molar-refractivity contribution < 1.29 is 139 Å². The SMILES string of the molecule is C=C.N.N.O=C(O)CC(O)(CC(=O)O)C(=O)O.O=C(O)CC(O)(CC(=O)O)C(=O)O.O=C(O)CC(O)(CC(=O)O)C(=O)O.O=C(O)CC(O)(CC(=O)O)C(=O)O.[NaH].[NaH].[NaH].[NaH]. The van der Waals surface area contributed by atoms with Gasteiger partial charge in [-0.25, -0.2) is 19.2 Å². The van der Waals surface area contributed by atoms with E-state index in [4.69, 9.17) is 81.7 Å². The van der Waals surface area contributed by atoms with Crippen LogP contribution in [0.5, 0.6) is 0 Å². The number of hydrogen-bond donors (Lipinski definition) is 18. The summed E-state index contributed by atoms with van der Waals surface area (Å²) < 4.78 is 0. The normalized spacial score (nSPS) is 9.47. The van der Waals surface area contributed by atoms with Crippen molar-refractivity contribution in [2.24, 2.45) is 0 Å². The van der Waals surface area contributed by atoms with E-state index in [9.17, 15) is 57.5 Å². The van der Waals surface area contributed by atoms with Gasteiger partial charge in [-0.2, -0.15) is 0 Å². The molecular formula is C26H46N2Na4O28. The van der Waals surface area contributed by atoms with Crippen molar-refractivity contribution in [1.29, 1.82) is 0 Å². The van der Waals surface area contributed by atoms with Gasteiger partial charge in [0.1, 0.15) is 0 Å². The molecule has 0 spiro atoms. The summed E-state index contributed by atoms with van der Waals surface area (Å²) in [6, 6.07) is 0. The van der Waals surface area contributed by atoms with Gasteiger partial charge < -0.3 is 94.0 Å². The molecule has 0 aliphatic rings. The minimum atomic E-state index is -2.74. The van der Waals surface area contributed by atoms with E-state index in [0.717, 1.165) is 0 Å². The van der Waals surface area contributed by atoms with E-state index in [1.54, 1.807) is 0 Å². The quantitative estimate of drug-likeness (QED) is 0.0399. The molecule has 0 heterocycles. The molecule has 0 aliphatic carbocycles. The van der Waals surface area contributed by atoms with Crippen LogP contribution in [0.1, 0.15) is 51.4 Å². The summed E-state index contributed by atoms with van der Waals surface area (Å²) in [5.74, 6) is -20.1. The molecule has 0 saturated carbocycles. The third kappa shape index (κ3) is 43.2. The van der Waals surface area contributed by atoms with Gasteiger partial charge in [0.2, 0.25) is 0 Å². The monoisotopic (exact) mass is 926 g/mol. The Morgan fingerprint density at radius 2 is 0.333 bits per heavy atom. The fraction of sp³-hybridized carbons (Fsp3) is 0.462. The van der Waals surface area contributed by atoms with E-state index in [2.05, 4.69) is 13.2 Å². The number of carboxylic acids is 12. The van der Waals surface area contributed by atoms with E-state index in [-0.39, 0.29) is 131 Å². The molecule has 0 saturated heterocycles. The fourth-order valence-corrected chi connectivity index (χ4v) is 2.86. The Morgan fingerprint density at radius 3 is 0.367 bits per heavy atom. The van der Waals surface area contributed by atoms with E-state index in [1.165, 1.54) is 0 Å². The molecule has 22 N–H and O–H groups in total. The van der Waals surface area contributed by atoms with Crippen LogP contribution in [0.4, 0.5) is 0 Å². The number of aliphatic hydroxyl groups is 4. The van der Waals surface area contributed by atoms with E-state index >= 15 is 0 Å². The summed E-state index contributed by atoms with van der Waals surface area (Å²) in [6.07, 6.45) is -9.15. The molecule has 34 heteroatoms. The van der Waals surface area contributed by atoms with Crippen LogP contribution >= 0.6 is 0 Å². The summed E-state index contributed by atoms with van der Waals surface area (Å²) in [6.45, 7) is 6.00. The molecule has 0 aromatic carbocycles. The van der Waals surface area contributed by atoms with Crippen LogP contribution in [-0.2, 0) is 57.5 Å². The molecule has 0 aromatic heterocycles. The summed E-state index contributed by atoms with van der Waals surface area (Å²) in [5.41, 5.74) is -11.0. The fourth-order valence-electron chi connectivity index (χ4n) is 2.86. The van der Waals surface area contributed by atoms with Crippen molar-refractivity contribution in [2.45, 2.75) is 73.8 Å². The Kier molecular flexibility index (Phi) is 56.7. The summed E-state index contributed by atoms with van der Waals surface area (Å²) in [7, 11) is 0. The van der Waals surface area contributed by atoms with Crippen LogP contribution in [0.3, 0.4) is 0 Å². The predicted molar refractivity (Wildman–Crippen MR) is 198 cm³/mol. The van der Waals surface area contributed by atoms with Gasteiger partial charge >= 0.3 is 190 Å². The van der Waals surface area contributed by atoms with E-state index in [1.807, 2.05) is 0 Å². The number of hydrogen-bond acceptors (Lipinski definition) is 18. The van der Waals surface area contributed by atoms with Crippen LogP contribution < -0.4 is 12.3 Å².